The highest BCUT2D eigenvalue weighted by Crippen LogP contribution is 2.09. The minimum Gasteiger partial charge on any atom is -0.314 e. The van der Waals surface area contributed by atoms with Crippen molar-refractivity contribution in [3.63, 3.8) is 0 Å². The van der Waals surface area contributed by atoms with Crippen LogP contribution in [0.3, 0.4) is 0 Å². The Bertz CT molecular complexity index is 264. The Morgan fingerprint density at radius 1 is 1.50 bits per heavy atom. The lowest BCUT2D eigenvalue weighted by atomic mass is 10.0. The zero-order valence-electron chi connectivity index (χ0n) is 8.91. The fourth-order valence-electron chi connectivity index (χ4n) is 1.82. The molecule has 0 aromatic rings. The summed E-state index contributed by atoms with van der Waals surface area (Å²) in [5, 5.41) is 3.29. The van der Waals surface area contributed by atoms with Gasteiger partial charge < -0.3 is 5.32 Å². The second kappa shape index (κ2) is 5.09. The Kier molecular flexibility index (Phi) is 4.34. The molecule has 0 aromatic heterocycles. The third kappa shape index (κ3) is 3.94. The highest BCUT2D eigenvalue weighted by molar-refractivity contribution is 7.89. The van der Waals surface area contributed by atoms with Gasteiger partial charge in [-0.05, 0) is 32.7 Å². The molecule has 4 nitrogen and oxygen atoms in total. The molecule has 1 fully saturated rings. The molecule has 1 saturated heterocycles. The molecule has 0 bridgehead atoms. The van der Waals surface area contributed by atoms with Gasteiger partial charge in [0.15, 0.2) is 0 Å². The van der Waals surface area contributed by atoms with E-state index in [4.69, 9.17) is 0 Å². The van der Waals surface area contributed by atoms with Crippen molar-refractivity contribution in [3.8, 4) is 0 Å². The van der Waals surface area contributed by atoms with Crippen LogP contribution in [0.5, 0.6) is 0 Å². The van der Waals surface area contributed by atoms with E-state index < -0.39 is 10.0 Å². The van der Waals surface area contributed by atoms with Crippen LogP contribution >= 0.6 is 0 Å². The Labute approximate surface area is 86.5 Å². The van der Waals surface area contributed by atoms with Crippen LogP contribution < -0.4 is 10.0 Å². The van der Waals surface area contributed by atoms with Crippen molar-refractivity contribution in [2.24, 2.45) is 0 Å². The molecule has 1 aliphatic rings. The number of sulfonamides is 1. The molecule has 1 aliphatic heterocycles. The van der Waals surface area contributed by atoms with Gasteiger partial charge in [0.2, 0.25) is 10.0 Å². The molecule has 0 aliphatic carbocycles. The van der Waals surface area contributed by atoms with Crippen molar-refractivity contribution in [3.05, 3.63) is 0 Å². The first-order valence-corrected chi connectivity index (χ1v) is 6.92. The first kappa shape index (κ1) is 11.9. The largest absolute Gasteiger partial charge is 0.314 e. The van der Waals surface area contributed by atoms with E-state index >= 15 is 0 Å². The SMILES string of the molecule is CCCS(=O)(=O)NC1CCNC(C)C1. The van der Waals surface area contributed by atoms with Gasteiger partial charge in [0, 0.05) is 12.1 Å². The smallest absolute Gasteiger partial charge is 0.211 e. The van der Waals surface area contributed by atoms with E-state index in [9.17, 15) is 8.42 Å². The molecule has 2 atom stereocenters. The number of nitrogens with one attached hydrogen (secondary N) is 2. The second-order valence-electron chi connectivity index (χ2n) is 4.01. The van der Waals surface area contributed by atoms with Gasteiger partial charge in [-0.2, -0.15) is 0 Å². The monoisotopic (exact) mass is 220 g/mol. The third-order valence-corrected chi connectivity index (χ3v) is 4.08. The van der Waals surface area contributed by atoms with Gasteiger partial charge in [-0.15, -0.1) is 0 Å². The molecular formula is C9H20N2O2S. The quantitative estimate of drug-likeness (QED) is 0.723. The summed E-state index contributed by atoms with van der Waals surface area (Å²) in [5.74, 6) is 0.241. The van der Waals surface area contributed by atoms with E-state index in [1.807, 2.05) is 6.92 Å². The summed E-state index contributed by atoms with van der Waals surface area (Å²) >= 11 is 0. The number of piperidine rings is 1. The zero-order chi connectivity index (χ0) is 10.6. The standard InChI is InChI=1S/C9H20N2O2S/c1-3-6-14(12,13)11-9-4-5-10-8(2)7-9/h8-11H,3-7H2,1-2H3. The molecule has 0 spiro atoms. The molecule has 0 aromatic carbocycles. The summed E-state index contributed by atoms with van der Waals surface area (Å²) in [7, 11) is -3.03. The summed E-state index contributed by atoms with van der Waals surface area (Å²) in [6, 6.07) is 0.542. The van der Waals surface area contributed by atoms with Crippen LogP contribution in [-0.2, 0) is 10.0 Å². The van der Waals surface area contributed by atoms with Crippen LogP contribution in [0, 0.1) is 0 Å². The molecule has 0 amide bonds. The topological polar surface area (TPSA) is 58.2 Å². The van der Waals surface area contributed by atoms with E-state index in [1.54, 1.807) is 0 Å². The second-order valence-corrected chi connectivity index (χ2v) is 5.89. The van der Waals surface area contributed by atoms with Gasteiger partial charge in [0.05, 0.1) is 5.75 Å². The molecule has 0 saturated carbocycles. The van der Waals surface area contributed by atoms with Gasteiger partial charge in [-0.3, -0.25) is 0 Å². The summed E-state index contributed by atoms with van der Waals surface area (Å²) in [6.45, 7) is 4.87. The van der Waals surface area contributed by atoms with Crippen molar-refractivity contribution in [2.75, 3.05) is 12.3 Å². The van der Waals surface area contributed by atoms with E-state index in [0.29, 0.717) is 12.5 Å². The van der Waals surface area contributed by atoms with Crippen molar-refractivity contribution < 1.29 is 8.42 Å². The van der Waals surface area contributed by atoms with Crippen LogP contribution in [0.1, 0.15) is 33.1 Å². The van der Waals surface area contributed by atoms with Crippen molar-refractivity contribution in [1.29, 1.82) is 0 Å². The number of hydrogen-bond donors (Lipinski definition) is 2. The molecule has 2 N–H and O–H groups in total. The first-order chi connectivity index (χ1) is 6.53. The van der Waals surface area contributed by atoms with Gasteiger partial charge >= 0.3 is 0 Å². The van der Waals surface area contributed by atoms with E-state index in [2.05, 4.69) is 17.0 Å². The molecule has 5 heteroatoms. The Morgan fingerprint density at radius 2 is 2.21 bits per heavy atom. The van der Waals surface area contributed by atoms with E-state index in [1.165, 1.54) is 0 Å². The highest BCUT2D eigenvalue weighted by atomic mass is 32.2. The normalized spacial score (nSPS) is 29.0. The zero-order valence-corrected chi connectivity index (χ0v) is 9.73. The Hall–Kier alpha value is -0.130. The van der Waals surface area contributed by atoms with Gasteiger partial charge in [-0.1, -0.05) is 6.92 Å². The summed E-state index contributed by atoms with van der Waals surface area (Å²) in [6.07, 6.45) is 2.46. The summed E-state index contributed by atoms with van der Waals surface area (Å²) in [4.78, 5) is 0. The van der Waals surface area contributed by atoms with Crippen LogP contribution in [-0.4, -0.2) is 32.8 Å². The number of hydrogen-bond acceptors (Lipinski definition) is 3. The van der Waals surface area contributed by atoms with Gasteiger partial charge in [0.25, 0.3) is 0 Å². The minimum absolute atomic E-state index is 0.128. The Morgan fingerprint density at radius 3 is 2.79 bits per heavy atom. The lowest BCUT2D eigenvalue weighted by Gasteiger charge is -2.28. The molecule has 2 unspecified atom stereocenters. The van der Waals surface area contributed by atoms with Crippen molar-refractivity contribution in [2.45, 2.75) is 45.2 Å². The van der Waals surface area contributed by atoms with E-state index in [-0.39, 0.29) is 11.8 Å². The van der Waals surface area contributed by atoms with Gasteiger partial charge in [-0.25, -0.2) is 13.1 Å². The van der Waals surface area contributed by atoms with Crippen LogP contribution in [0.2, 0.25) is 0 Å². The lowest BCUT2D eigenvalue weighted by Crippen LogP contribution is -2.47. The fourth-order valence-corrected chi connectivity index (χ4v) is 3.20. The van der Waals surface area contributed by atoms with Crippen LogP contribution in [0.25, 0.3) is 0 Å². The average molecular weight is 220 g/mol. The van der Waals surface area contributed by atoms with E-state index in [0.717, 1.165) is 19.4 Å². The van der Waals surface area contributed by atoms with Crippen molar-refractivity contribution >= 4 is 10.0 Å². The number of rotatable bonds is 4. The summed E-state index contributed by atoms with van der Waals surface area (Å²) < 4.78 is 25.7. The average Bonchev–Trinajstić information content (AvgIpc) is 2.02. The maximum absolute atomic E-state index is 11.5. The maximum Gasteiger partial charge on any atom is 0.211 e. The molecule has 0 radical (unpaired) electrons. The molecule has 84 valence electrons. The van der Waals surface area contributed by atoms with Crippen LogP contribution in [0.4, 0.5) is 0 Å². The summed E-state index contributed by atoms with van der Waals surface area (Å²) in [5.41, 5.74) is 0. The Balaban J connectivity index is 2.43. The van der Waals surface area contributed by atoms with Crippen molar-refractivity contribution in [1.82, 2.24) is 10.0 Å². The highest BCUT2D eigenvalue weighted by Gasteiger charge is 2.22. The molecule has 1 heterocycles. The predicted molar refractivity (Wildman–Crippen MR) is 57.7 cm³/mol. The maximum atomic E-state index is 11.5. The van der Waals surface area contributed by atoms with Crippen LogP contribution in [0.15, 0.2) is 0 Å². The molecular weight excluding hydrogens is 200 g/mol. The third-order valence-electron chi connectivity index (χ3n) is 2.44. The lowest BCUT2D eigenvalue weighted by molar-refractivity contribution is 0.361. The fraction of sp³-hybridized carbons (Fsp3) is 1.00. The molecule has 1 rings (SSSR count). The predicted octanol–water partition coefficient (Wildman–Crippen LogP) is 0.456. The molecule has 14 heavy (non-hydrogen) atoms. The van der Waals surface area contributed by atoms with Gasteiger partial charge in [0.1, 0.15) is 0 Å². The minimum atomic E-state index is -3.03. The first-order valence-electron chi connectivity index (χ1n) is 5.27.